The van der Waals surface area contributed by atoms with Crippen molar-refractivity contribution < 1.29 is 0 Å². The van der Waals surface area contributed by atoms with Gasteiger partial charge in [0.05, 0.1) is 11.6 Å². The van der Waals surface area contributed by atoms with Crippen molar-refractivity contribution in [1.82, 2.24) is 20.2 Å². The Morgan fingerprint density at radius 3 is 3.00 bits per heavy atom. The van der Waals surface area contributed by atoms with Gasteiger partial charge in [-0.25, -0.2) is 0 Å². The van der Waals surface area contributed by atoms with E-state index in [-0.39, 0.29) is 5.28 Å². The first-order valence-corrected chi connectivity index (χ1v) is 6.29. The van der Waals surface area contributed by atoms with E-state index in [1.165, 1.54) is 0 Å². The molecule has 7 heteroatoms. The molecule has 0 aliphatic heterocycles. The van der Waals surface area contributed by atoms with Crippen LogP contribution in [0.2, 0.25) is 5.28 Å². The van der Waals surface area contributed by atoms with E-state index in [0.717, 1.165) is 15.5 Å². The fourth-order valence-electron chi connectivity index (χ4n) is 1.61. The molecule has 2 aromatic heterocycles. The fraction of sp³-hybridized carbons (Fsp3) is 0. The number of nitrogens with one attached hydrogen (secondary N) is 2. The lowest BCUT2D eigenvalue weighted by Gasteiger charge is -2.06. The molecule has 0 bridgehead atoms. The molecule has 0 amide bonds. The summed E-state index contributed by atoms with van der Waals surface area (Å²) in [5.74, 6) is 0.622. The quantitative estimate of drug-likeness (QED) is 0.708. The number of nitrogens with zero attached hydrogens (tertiary/aromatic N) is 3. The van der Waals surface area contributed by atoms with Crippen LogP contribution in [0.5, 0.6) is 0 Å². The van der Waals surface area contributed by atoms with Gasteiger partial charge in [-0.1, -0.05) is 22.0 Å². The van der Waals surface area contributed by atoms with E-state index in [1.54, 1.807) is 6.20 Å². The first-order valence-electron chi connectivity index (χ1n) is 5.11. The van der Waals surface area contributed by atoms with Crippen LogP contribution in [-0.4, -0.2) is 20.2 Å². The Bertz CT molecular complexity index is 711. The predicted octanol–water partition coefficient (Wildman–Crippen LogP) is 3.51. The second kappa shape index (κ2) is 4.55. The van der Waals surface area contributed by atoms with Crippen molar-refractivity contribution in [3.8, 4) is 0 Å². The molecule has 3 rings (SSSR count). The molecular formula is C11H7BrClN5. The molecule has 0 spiro atoms. The molecule has 0 aliphatic carbocycles. The maximum absolute atomic E-state index is 5.86. The van der Waals surface area contributed by atoms with Crippen LogP contribution in [0.15, 0.2) is 34.9 Å². The van der Waals surface area contributed by atoms with Crippen LogP contribution in [0, 0.1) is 0 Å². The van der Waals surface area contributed by atoms with Gasteiger partial charge in [-0.15, -0.1) is 0 Å². The van der Waals surface area contributed by atoms with Crippen LogP contribution in [0.1, 0.15) is 0 Å². The van der Waals surface area contributed by atoms with E-state index >= 15 is 0 Å². The van der Waals surface area contributed by atoms with Crippen molar-refractivity contribution in [2.45, 2.75) is 0 Å². The van der Waals surface area contributed by atoms with Gasteiger partial charge in [-0.3, -0.25) is 5.10 Å². The van der Waals surface area contributed by atoms with Crippen LogP contribution in [-0.2, 0) is 0 Å². The fourth-order valence-corrected chi connectivity index (χ4v) is 2.17. The third kappa shape index (κ3) is 2.16. The van der Waals surface area contributed by atoms with E-state index in [4.69, 9.17) is 11.6 Å². The van der Waals surface area contributed by atoms with E-state index in [1.807, 2.05) is 24.3 Å². The van der Waals surface area contributed by atoms with Crippen LogP contribution in [0.25, 0.3) is 11.0 Å². The van der Waals surface area contributed by atoms with Gasteiger partial charge >= 0.3 is 0 Å². The molecule has 5 nitrogen and oxygen atoms in total. The molecule has 0 radical (unpaired) electrons. The lowest BCUT2D eigenvalue weighted by atomic mass is 10.3. The van der Waals surface area contributed by atoms with Crippen molar-refractivity contribution in [2.75, 3.05) is 5.32 Å². The van der Waals surface area contributed by atoms with Gasteiger partial charge in [0.2, 0.25) is 5.28 Å². The molecule has 0 saturated carbocycles. The maximum atomic E-state index is 5.86. The average Bonchev–Trinajstić information content (AvgIpc) is 2.77. The number of hydrogen-bond donors (Lipinski definition) is 2. The number of rotatable bonds is 2. The third-order valence-corrected chi connectivity index (χ3v) is 3.03. The van der Waals surface area contributed by atoms with Crippen molar-refractivity contribution in [3.05, 3.63) is 40.2 Å². The Morgan fingerprint density at radius 2 is 2.17 bits per heavy atom. The van der Waals surface area contributed by atoms with Crippen LogP contribution in [0.4, 0.5) is 11.5 Å². The van der Waals surface area contributed by atoms with Gasteiger partial charge in [0.15, 0.2) is 5.65 Å². The summed E-state index contributed by atoms with van der Waals surface area (Å²) >= 11 is 9.27. The van der Waals surface area contributed by atoms with E-state index in [9.17, 15) is 0 Å². The first kappa shape index (κ1) is 11.4. The van der Waals surface area contributed by atoms with Crippen molar-refractivity contribution >= 4 is 50.1 Å². The minimum absolute atomic E-state index is 0.171. The molecule has 2 heterocycles. The van der Waals surface area contributed by atoms with E-state index < -0.39 is 0 Å². The molecule has 0 unspecified atom stereocenters. The minimum Gasteiger partial charge on any atom is -0.339 e. The standard InChI is InChI=1S/C11H7BrClN5/c12-6-2-1-3-7(4-6)15-9-8-5-14-18-10(8)17-11(13)16-9/h1-5H,(H2,14,15,16,17,18). The van der Waals surface area contributed by atoms with Crippen LogP contribution < -0.4 is 5.32 Å². The number of halogens is 2. The minimum atomic E-state index is 0.171. The highest BCUT2D eigenvalue weighted by Crippen LogP contribution is 2.25. The summed E-state index contributed by atoms with van der Waals surface area (Å²) in [5, 5.41) is 10.8. The zero-order valence-electron chi connectivity index (χ0n) is 8.98. The number of anilines is 2. The molecule has 90 valence electrons. The molecule has 18 heavy (non-hydrogen) atoms. The monoisotopic (exact) mass is 323 g/mol. The number of hydrogen-bond acceptors (Lipinski definition) is 4. The number of benzene rings is 1. The summed E-state index contributed by atoms with van der Waals surface area (Å²) in [6.45, 7) is 0. The lowest BCUT2D eigenvalue weighted by Crippen LogP contribution is -1.96. The molecule has 0 atom stereocenters. The maximum Gasteiger partial charge on any atom is 0.226 e. The summed E-state index contributed by atoms with van der Waals surface area (Å²) in [5.41, 5.74) is 1.51. The van der Waals surface area contributed by atoms with Crippen molar-refractivity contribution in [2.24, 2.45) is 0 Å². The normalized spacial score (nSPS) is 10.8. The Balaban J connectivity index is 2.06. The topological polar surface area (TPSA) is 66.5 Å². The summed E-state index contributed by atoms with van der Waals surface area (Å²) in [6.07, 6.45) is 1.66. The molecule has 1 aromatic carbocycles. The third-order valence-electron chi connectivity index (χ3n) is 2.37. The SMILES string of the molecule is Clc1nc(Nc2cccc(Br)c2)c2cn[nH]c2n1. The molecule has 0 aliphatic rings. The highest BCUT2D eigenvalue weighted by atomic mass is 79.9. The van der Waals surface area contributed by atoms with Crippen LogP contribution >= 0.6 is 27.5 Å². The predicted molar refractivity (Wildman–Crippen MR) is 74.1 cm³/mol. The van der Waals surface area contributed by atoms with Gasteiger partial charge < -0.3 is 5.32 Å². The highest BCUT2D eigenvalue weighted by molar-refractivity contribution is 9.10. The van der Waals surface area contributed by atoms with Crippen molar-refractivity contribution in [1.29, 1.82) is 0 Å². The number of H-pyrrole nitrogens is 1. The summed E-state index contributed by atoms with van der Waals surface area (Å²) < 4.78 is 0.982. The summed E-state index contributed by atoms with van der Waals surface area (Å²) in [6, 6.07) is 7.77. The number of aromatic nitrogens is 4. The smallest absolute Gasteiger partial charge is 0.226 e. The highest BCUT2D eigenvalue weighted by Gasteiger charge is 2.08. The molecule has 0 fully saturated rings. The second-order valence-corrected chi connectivity index (χ2v) is 4.86. The van der Waals surface area contributed by atoms with E-state index in [2.05, 4.69) is 41.4 Å². The van der Waals surface area contributed by atoms with E-state index in [0.29, 0.717) is 11.5 Å². The molecule has 3 aromatic rings. The Morgan fingerprint density at radius 1 is 1.28 bits per heavy atom. The van der Waals surface area contributed by atoms with Crippen LogP contribution in [0.3, 0.4) is 0 Å². The van der Waals surface area contributed by atoms with Gasteiger partial charge in [-0.2, -0.15) is 15.1 Å². The molecular weight excluding hydrogens is 318 g/mol. The van der Waals surface area contributed by atoms with Gasteiger partial charge in [-0.05, 0) is 29.8 Å². The van der Waals surface area contributed by atoms with Gasteiger partial charge in [0.25, 0.3) is 0 Å². The zero-order valence-corrected chi connectivity index (χ0v) is 11.3. The lowest BCUT2D eigenvalue weighted by molar-refractivity contribution is 1.09. The zero-order chi connectivity index (χ0) is 12.5. The van der Waals surface area contributed by atoms with Gasteiger partial charge in [0.1, 0.15) is 5.82 Å². The Hall–Kier alpha value is -1.66. The van der Waals surface area contributed by atoms with Crippen molar-refractivity contribution in [3.63, 3.8) is 0 Å². The molecule has 2 N–H and O–H groups in total. The second-order valence-electron chi connectivity index (χ2n) is 3.61. The summed E-state index contributed by atoms with van der Waals surface area (Å²) in [7, 11) is 0. The summed E-state index contributed by atoms with van der Waals surface area (Å²) in [4.78, 5) is 8.21. The van der Waals surface area contributed by atoms with Gasteiger partial charge in [0, 0.05) is 10.2 Å². The average molecular weight is 325 g/mol. The Kier molecular flexibility index (Phi) is 2.89. The largest absolute Gasteiger partial charge is 0.339 e. The first-order chi connectivity index (χ1) is 8.72. The number of aromatic amines is 1. The Labute approximate surface area is 116 Å². The number of fused-ring (bicyclic) bond motifs is 1. The molecule has 0 saturated heterocycles.